The summed E-state index contributed by atoms with van der Waals surface area (Å²) < 4.78 is 48.8. The number of benzene rings is 2. The Hall–Kier alpha value is -2.20. The van der Waals surface area contributed by atoms with Crippen LogP contribution in [0.3, 0.4) is 0 Å². The molecular formula is C26H32ClFN2O5S. The number of hydrogen-bond donors (Lipinski definition) is 1. The number of carbonyl (C=O) groups excluding carboxylic acids is 1. The Morgan fingerprint density at radius 2 is 1.89 bits per heavy atom. The van der Waals surface area contributed by atoms with Gasteiger partial charge >= 0.3 is 0 Å². The zero-order chi connectivity index (χ0) is 25.9. The summed E-state index contributed by atoms with van der Waals surface area (Å²) in [7, 11) is -3.81. The van der Waals surface area contributed by atoms with Crippen molar-refractivity contribution in [2.45, 2.75) is 62.5 Å². The Morgan fingerprint density at radius 3 is 2.50 bits per heavy atom. The molecule has 1 aliphatic carbocycles. The number of para-hydroxylation sites is 1. The molecular weight excluding hydrogens is 507 g/mol. The summed E-state index contributed by atoms with van der Waals surface area (Å²) in [5.41, 5.74) is 0.803. The van der Waals surface area contributed by atoms with E-state index in [4.69, 9.17) is 16.3 Å². The van der Waals surface area contributed by atoms with E-state index >= 15 is 0 Å². The van der Waals surface area contributed by atoms with E-state index in [0.717, 1.165) is 9.87 Å². The van der Waals surface area contributed by atoms with Crippen molar-refractivity contribution in [2.75, 3.05) is 24.1 Å². The highest BCUT2D eigenvalue weighted by atomic mass is 35.5. The van der Waals surface area contributed by atoms with E-state index in [2.05, 4.69) is 0 Å². The van der Waals surface area contributed by atoms with Gasteiger partial charge in [0, 0.05) is 11.6 Å². The van der Waals surface area contributed by atoms with E-state index in [0.29, 0.717) is 37.1 Å². The fourth-order valence-corrected chi connectivity index (χ4v) is 6.70. The molecule has 2 aromatic rings. The molecule has 2 aromatic carbocycles. The molecule has 1 heterocycles. The van der Waals surface area contributed by atoms with Crippen LogP contribution in [0, 0.1) is 5.82 Å². The number of carbonyl (C=O) groups is 1. The van der Waals surface area contributed by atoms with E-state index in [-0.39, 0.29) is 31.4 Å². The average molecular weight is 539 g/mol. The number of amides is 1. The summed E-state index contributed by atoms with van der Waals surface area (Å²) in [5, 5.41) is 9.29. The molecule has 3 atom stereocenters. The summed E-state index contributed by atoms with van der Waals surface area (Å²) in [5.74, 6) is -0.890. The first-order valence-corrected chi connectivity index (χ1v) is 14.2. The zero-order valence-electron chi connectivity index (χ0n) is 20.2. The van der Waals surface area contributed by atoms with E-state index in [9.17, 15) is 22.7 Å². The first-order chi connectivity index (χ1) is 17.3. The Labute approximate surface area is 216 Å². The lowest BCUT2D eigenvalue weighted by Gasteiger charge is -2.45. The Kier molecular flexibility index (Phi) is 8.55. The Balaban J connectivity index is 1.72. The van der Waals surface area contributed by atoms with Gasteiger partial charge in [-0.3, -0.25) is 9.10 Å². The van der Waals surface area contributed by atoms with E-state index < -0.39 is 39.3 Å². The minimum atomic E-state index is -3.81. The summed E-state index contributed by atoms with van der Waals surface area (Å²) in [6.07, 6.45) is 1.55. The van der Waals surface area contributed by atoms with Crippen LogP contribution in [0.1, 0.15) is 50.6 Å². The molecule has 196 valence electrons. The maximum absolute atomic E-state index is 14.9. The van der Waals surface area contributed by atoms with Gasteiger partial charge in [0.05, 0.1) is 36.2 Å². The van der Waals surface area contributed by atoms with Gasteiger partial charge in [-0.2, -0.15) is 0 Å². The lowest BCUT2D eigenvalue weighted by atomic mass is 9.98. The van der Waals surface area contributed by atoms with Gasteiger partial charge in [0.1, 0.15) is 11.9 Å². The molecule has 0 bridgehead atoms. The predicted molar refractivity (Wildman–Crippen MR) is 137 cm³/mol. The standard InChI is InChI=1S/C26H32ClFN2O5S/c1-2-20(16-29(36(33,34)21-13-14-21)23-7-4-3-6-22(23)28)30-24(18-9-11-19(27)12-10-18)17-35-25(26(30)32)8-5-15-31/h3-4,6-7,9-12,20-21,24-25,31H,2,5,8,13-17H2,1H3/t20?,24?,25-/m0/s1. The molecule has 1 N–H and O–H groups in total. The van der Waals surface area contributed by atoms with Crippen molar-refractivity contribution in [3.05, 3.63) is 64.9 Å². The number of sulfonamides is 1. The van der Waals surface area contributed by atoms with Gasteiger partial charge in [0.25, 0.3) is 5.91 Å². The summed E-state index contributed by atoms with van der Waals surface area (Å²) in [6.45, 7) is 1.97. The van der Waals surface area contributed by atoms with Crippen LogP contribution in [0.15, 0.2) is 48.5 Å². The molecule has 7 nitrogen and oxygen atoms in total. The zero-order valence-corrected chi connectivity index (χ0v) is 21.8. The highest BCUT2D eigenvalue weighted by Crippen LogP contribution is 2.37. The van der Waals surface area contributed by atoms with Crippen LogP contribution in [-0.4, -0.2) is 61.5 Å². The van der Waals surface area contributed by atoms with Gasteiger partial charge in [-0.05, 0) is 61.9 Å². The van der Waals surface area contributed by atoms with Crippen LogP contribution in [0.5, 0.6) is 0 Å². The molecule has 10 heteroatoms. The molecule has 0 spiro atoms. The average Bonchev–Trinajstić information content (AvgIpc) is 3.72. The molecule has 1 aliphatic heterocycles. The molecule has 0 radical (unpaired) electrons. The summed E-state index contributed by atoms with van der Waals surface area (Å²) >= 11 is 6.08. The van der Waals surface area contributed by atoms with Crippen molar-refractivity contribution in [1.82, 2.24) is 4.90 Å². The smallest absolute Gasteiger partial charge is 0.252 e. The number of anilines is 1. The van der Waals surface area contributed by atoms with Crippen LogP contribution in [0.25, 0.3) is 0 Å². The second-order valence-electron chi connectivity index (χ2n) is 9.29. The topological polar surface area (TPSA) is 87.2 Å². The molecule has 1 saturated heterocycles. The predicted octanol–water partition coefficient (Wildman–Crippen LogP) is 4.30. The fourth-order valence-electron chi connectivity index (χ4n) is 4.68. The Morgan fingerprint density at radius 1 is 1.19 bits per heavy atom. The molecule has 2 aliphatic rings. The SMILES string of the molecule is CCC(CN(c1ccccc1F)S(=O)(=O)C1CC1)N1C(=O)[C@H](CCCO)OCC1c1ccc(Cl)cc1. The van der Waals surface area contributed by atoms with Crippen LogP contribution in [0.2, 0.25) is 5.02 Å². The molecule has 36 heavy (non-hydrogen) atoms. The van der Waals surface area contributed by atoms with Crippen molar-refractivity contribution in [3.8, 4) is 0 Å². The first kappa shape index (κ1) is 26.9. The van der Waals surface area contributed by atoms with Crippen LogP contribution >= 0.6 is 11.6 Å². The largest absolute Gasteiger partial charge is 0.396 e. The number of aliphatic hydroxyl groups excluding tert-OH is 1. The number of halogens is 2. The van der Waals surface area contributed by atoms with Crippen LogP contribution < -0.4 is 4.31 Å². The molecule has 4 rings (SSSR count). The van der Waals surface area contributed by atoms with Gasteiger partial charge < -0.3 is 14.7 Å². The van der Waals surface area contributed by atoms with Crippen LogP contribution in [-0.2, 0) is 19.6 Å². The van der Waals surface area contributed by atoms with Crippen molar-refractivity contribution >= 4 is 33.2 Å². The quantitative estimate of drug-likeness (QED) is 0.461. The minimum Gasteiger partial charge on any atom is -0.396 e. The van der Waals surface area contributed by atoms with Crippen molar-refractivity contribution in [1.29, 1.82) is 0 Å². The van der Waals surface area contributed by atoms with Gasteiger partial charge in [-0.1, -0.05) is 42.8 Å². The normalized spacial score (nSPS) is 21.4. The third-order valence-electron chi connectivity index (χ3n) is 6.82. The fraction of sp³-hybridized carbons (Fsp3) is 0.500. The molecule has 2 fully saturated rings. The molecule has 2 unspecified atom stereocenters. The highest BCUT2D eigenvalue weighted by Gasteiger charge is 2.45. The number of rotatable bonds is 11. The molecule has 1 amide bonds. The van der Waals surface area contributed by atoms with Crippen molar-refractivity contribution < 1.29 is 27.4 Å². The van der Waals surface area contributed by atoms with Gasteiger partial charge in [-0.25, -0.2) is 12.8 Å². The van der Waals surface area contributed by atoms with Gasteiger partial charge in [-0.15, -0.1) is 0 Å². The first-order valence-electron chi connectivity index (χ1n) is 12.3. The third kappa shape index (κ3) is 5.69. The minimum absolute atomic E-state index is 0.0107. The monoisotopic (exact) mass is 538 g/mol. The maximum atomic E-state index is 14.9. The maximum Gasteiger partial charge on any atom is 0.252 e. The number of nitrogens with zero attached hydrogens (tertiary/aromatic N) is 2. The molecule has 0 aromatic heterocycles. The lowest BCUT2D eigenvalue weighted by molar-refractivity contribution is -0.164. The van der Waals surface area contributed by atoms with Gasteiger partial charge in [0.2, 0.25) is 10.0 Å². The summed E-state index contributed by atoms with van der Waals surface area (Å²) in [6, 6.07) is 12.0. The molecule has 1 saturated carbocycles. The van der Waals surface area contributed by atoms with E-state index in [1.165, 1.54) is 18.2 Å². The second kappa shape index (κ2) is 11.5. The summed E-state index contributed by atoms with van der Waals surface area (Å²) in [4.78, 5) is 15.4. The number of aliphatic hydroxyl groups is 1. The van der Waals surface area contributed by atoms with Crippen LogP contribution in [0.4, 0.5) is 10.1 Å². The second-order valence-corrected chi connectivity index (χ2v) is 11.9. The highest BCUT2D eigenvalue weighted by molar-refractivity contribution is 7.93. The number of hydrogen-bond acceptors (Lipinski definition) is 5. The van der Waals surface area contributed by atoms with Crippen molar-refractivity contribution in [3.63, 3.8) is 0 Å². The van der Waals surface area contributed by atoms with E-state index in [1.807, 2.05) is 19.1 Å². The van der Waals surface area contributed by atoms with Gasteiger partial charge in [0.15, 0.2) is 0 Å². The van der Waals surface area contributed by atoms with E-state index in [1.54, 1.807) is 23.1 Å². The third-order valence-corrected chi connectivity index (χ3v) is 9.34. The number of morpholine rings is 1. The lowest BCUT2D eigenvalue weighted by Crippen LogP contribution is -2.57. The number of ether oxygens (including phenoxy) is 1. The Bertz CT molecular complexity index is 1160. The van der Waals surface area contributed by atoms with Crippen molar-refractivity contribution in [2.24, 2.45) is 0 Å².